The minimum Gasteiger partial charge on any atom is -0.368 e. The van der Waals surface area contributed by atoms with Crippen molar-refractivity contribution in [2.75, 3.05) is 19.7 Å². The van der Waals surface area contributed by atoms with Gasteiger partial charge >= 0.3 is 0 Å². The average molecular weight is 339 g/mol. The van der Waals surface area contributed by atoms with Crippen LogP contribution in [0.15, 0.2) is 18.5 Å². The summed E-state index contributed by atoms with van der Waals surface area (Å²) < 4.78 is 5.83. The minimum absolute atomic E-state index is 0.0573. The summed E-state index contributed by atoms with van der Waals surface area (Å²) in [6.07, 6.45) is 5.36. The van der Waals surface area contributed by atoms with E-state index in [1.165, 1.54) is 0 Å². The molecule has 130 valence electrons. The highest BCUT2D eigenvalue weighted by molar-refractivity contribution is 5.93. The molecular formula is C18H21N5O2. The number of nitrogens with zero attached hydrogens (tertiary/aromatic N) is 5. The number of hydrogen-bond acceptors (Lipinski definition) is 6. The monoisotopic (exact) mass is 339 g/mol. The zero-order valence-electron chi connectivity index (χ0n) is 14.5. The fourth-order valence-electron chi connectivity index (χ4n) is 3.11. The zero-order chi connectivity index (χ0) is 17.4. The van der Waals surface area contributed by atoms with Crippen LogP contribution in [0.25, 0.3) is 0 Å². The molecule has 2 aromatic heterocycles. The van der Waals surface area contributed by atoms with Gasteiger partial charge in [0, 0.05) is 30.6 Å². The van der Waals surface area contributed by atoms with E-state index in [0.29, 0.717) is 37.0 Å². The Labute approximate surface area is 146 Å². The van der Waals surface area contributed by atoms with Crippen molar-refractivity contribution < 1.29 is 9.53 Å². The second-order valence-corrected chi connectivity index (χ2v) is 6.70. The Morgan fingerprint density at radius 1 is 1.20 bits per heavy atom. The number of morpholine rings is 1. The molecule has 4 rings (SSSR count). The molecule has 0 bridgehead atoms. The first-order chi connectivity index (χ1) is 12.1. The third-order valence-corrected chi connectivity index (χ3v) is 4.53. The average Bonchev–Trinajstić information content (AvgIpc) is 3.46. The number of rotatable bonds is 3. The van der Waals surface area contributed by atoms with Crippen molar-refractivity contribution in [3.8, 4) is 0 Å². The molecule has 1 amide bonds. The molecule has 0 unspecified atom stereocenters. The number of aromatic nitrogens is 4. The van der Waals surface area contributed by atoms with Gasteiger partial charge in [0.2, 0.25) is 0 Å². The van der Waals surface area contributed by atoms with Crippen LogP contribution in [0.5, 0.6) is 0 Å². The van der Waals surface area contributed by atoms with E-state index < -0.39 is 0 Å². The second kappa shape index (κ2) is 6.48. The van der Waals surface area contributed by atoms with Gasteiger partial charge in [-0.15, -0.1) is 0 Å². The molecule has 1 aliphatic carbocycles. The number of hydrogen-bond donors (Lipinski definition) is 0. The summed E-state index contributed by atoms with van der Waals surface area (Å²) in [5.41, 5.74) is 2.25. The maximum atomic E-state index is 12.8. The van der Waals surface area contributed by atoms with Crippen LogP contribution in [0, 0.1) is 13.8 Å². The summed E-state index contributed by atoms with van der Waals surface area (Å²) in [6.45, 7) is 5.31. The fraction of sp³-hybridized carbons (Fsp3) is 0.500. The minimum atomic E-state index is -0.232. The van der Waals surface area contributed by atoms with Crippen molar-refractivity contribution in [1.82, 2.24) is 24.8 Å². The van der Waals surface area contributed by atoms with Crippen molar-refractivity contribution in [2.24, 2.45) is 0 Å². The van der Waals surface area contributed by atoms with E-state index in [9.17, 15) is 4.79 Å². The third kappa shape index (κ3) is 3.51. The molecule has 1 aliphatic heterocycles. The molecule has 3 heterocycles. The second-order valence-electron chi connectivity index (χ2n) is 6.70. The highest BCUT2D eigenvalue weighted by Crippen LogP contribution is 2.37. The summed E-state index contributed by atoms with van der Waals surface area (Å²) in [5.74, 6) is 1.99. The molecular weight excluding hydrogens is 318 g/mol. The maximum absolute atomic E-state index is 12.8. The topological polar surface area (TPSA) is 81.1 Å². The summed E-state index contributed by atoms with van der Waals surface area (Å²) in [4.78, 5) is 32.0. The lowest BCUT2D eigenvalue weighted by Gasteiger charge is -2.32. The molecule has 7 nitrogen and oxygen atoms in total. The van der Waals surface area contributed by atoms with E-state index in [1.807, 2.05) is 19.9 Å². The van der Waals surface area contributed by atoms with Gasteiger partial charge in [0.15, 0.2) is 0 Å². The summed E-state index contributed by atoms with van der Waals surface area (Å²) in [6, 6.07) is 1.92. The van der Waals surface area contributed by atoms with E-state index in [2.05, 4.69) is 19.9 Å². The third-order valence-electron chi connectivity index (χ3n) is 4.53. The van der Waals surface area contributed by atoms with Crippen LogP contribution in [0.1, 0.15) is 58.3 Å². The number of carbonyl (C=O) groups excluding carboxylic acids is 1. The Hall–Kier alpha value is -2.41. The first-order valence-electron chi connectivity index (χ1n) is 8.65. The molecule has 0 spiro atoms. The van der Waals surface area contributed by atoms with E-state index in [4.69, 9.17) is 4.74 Å². The van der Waals surface area contributed by atoms with Crippen molar-refractivity contribution in [2.45, 2.75) is 38.7 Å². The van der Waals surface area contributed by atoms with Crippen LogP contribution in [0.3, 0.4) is 0 Å². The highest BCUT2D eigenvalue weighted by Gasteiger charge is 2.29. The van der Waals surface area contributed by atoms with Gasteiger partial charge in [0.05, 0.1) is 24.4 Å². The van der Waals surface area contributed by atoms with Crippen LogP contribution >= 0.6 is 0 Å². The van der Waals surface area contributed by atoms with Gasteiger partial charge in [-0.1, -0.05) is 0 Å². The highest BCUT2D eigenvalue weighted by atomic mass is 16.5. The standard InChI is InChI=1S/C18H21N5O2/c1-11-7-15(22-12(2)21-11)16-10-23(5-6-25-16)18(24)14-8-19-17(20-9-14)13-3-4-13/h7-9,13,16H,3-6,10H2,1-2H3/t16-/m1/s1. The van der Waals surface area contributed by atoms with Crippen molar-refractivity contribution in [3.63, 3.8) is 0 Å². The molecule has 7 heteroatoms. The number of aryl methyl sites for hydroxylation is 2. The Morgan fingerprint density at radius 3 is 2.64 bits per heavy atom. The normalized spacial score (nSPS) is 20.6. The first-order valence-corrected chi connectivity index (χ1v) is 8.65. The molecule has 0 radical (unpaired) electrons. The SMILES string of the molecule is Cc1cc([C@H]2CN(C(=O)c3cnc(C4CC4)nc3)CCO2)nc(C)n1. The quantitative estimate of drug-likeness (QED) is 0.850. The van der Waals surface area contributed by atoms with Crippen molar-refractivity contribution in [3.05, 3.63) is 47.1 Å². The lowest BCUT2D eigenvalue weighted by molar-refractivity contribution is -0.0249. The number of ether oxygens (including phenoxy) is 1. The Kier molecular flexibility index (Phi) is 4.17. The summed E-state index contributed by atoms with van der Waals surface area (Å²) in [5, 5.41) is 0. The van der Waals surface area contributed by atoms with E-state index in [0.717, 1.165) is 30.1 Å². The maximum Gasteiger partial charge on any atom is 0.257 e. The number of carbonyl (C=O) groups is 1. The molecule has 1 saturated heterocycles. The number of amides is 1. The van der Waals surface area contributed by atoms with Gasteiger partial charge < -0.3 is 9.64 Å². The Morgan fingerprint density at radius 2 is 1.96 bits per heavy atom. The van der Waals surface area contributed by atoms with Crippen LogP contribution in [0.2, 0.25) is 0 Å². The zero-order valence-corrected chi connectivity index (χ0v) is 14.5. The van der Waals surface area contributed by atoms with E-state index in [-0.39, 0.29) is 12.0 Å². The summed E-state index contributed by atoms with van der Waals surface area (Å²) >= 11 is 0. The molecule has 1 saturated carbocycles. The molecule has 1 atom stereocenters. The van der Waals surface area contributed by atoms with Gasteiger partial charge in [-0.25, -0.2) is 19.9 Å². The first kappa shape index (κ1) is 16.1. The molecule has 2 aromatic rings. The Balaban J connectivity index is 1.49. The predicted molar refractivity (Wildman–Crippen MR) is 90.1 cm³/mol. The van der Waals surface area contributed by atoms with Gasteiger partial charge in [-0.2, -0.15) is 0 Å². The van der Waals surface area contributed by atoms with Crippen molar-refractivity contribution in [1.29, 1.82) is 0 Å². The molecule has 2 fully saturated rings. The van der Waals surface area contributed by atoms with E-state index >= 15 is 0 Å². The van der Waals surface area contributed by atoms with E-state index in [1.54, 1.807) is 17.3 Å². The molecule has 0 aromatic carbocycles. The lowest BCUT2D eigenvalue weighted by atomic mass is 10.1. The van der Waals surface area contributed by atoms with Gasteiger partial charge in [-0.3, -0.25) is 4.79 Å². The van der Waals surface area contributed by atoms with Gasteiger partial charge in [-0.05, 0) is 32.8 Å². The van der Waals surface area contributed by atoms with Crippen LogP contribution in [-0.4, -0.2) is 50.4 Å². The summed E-state index contributed by atoms with van der Waals surface area (Å²) in [7, 11) is 0. The lowest BCUT2D eigenvalue weighted by Crippen LogP contribution is -2.42. The Bertz CT molecular complexity index is 768. The van der Waals surface area contributed by atoms with Crippen LogP contribution in [-0.2, 0) is 4.74 Å². The van der Waals surface area contributed by atoms with Gasteiger partial charge in [0.25, 0.3) is 5.91 Å². The smallest absolute Gasteiger partial charge is 0.257 e. The molecule has 0 N–H and O–H groups in total. The molecule has 2 aliphatic rings. The predicted octanol–water partition coefficient (Wildman–Crippen LogP) is 1.97. The van der Waals surface area contributed by atoms with Crippen LogP contribution in [0.4, 0.5) is 0 Å². The largest absolute Gasteiger partial charge is 0.368 e. The van der Waals surface area contributed by atoms with Crippen LogP contribution < -0.4 is 0 Å². The van der Waals surface area contributed by atoms with Crippen molar-refractivity contribution >= 4 is 5.91 Å². The fourth-order valence-corrected chi connectivity index (χ4v) is 3.11. The molecule has 25 heavy (non-hydrogen) atoms. The van der Waals surface area contributed by atoms with Gasteiger partial charge in [0.1, 0.15) is 17.8 Å².